The monoisotopic (exact) mass is 260 g/mol. The highest BCUT2D eigenvalue weighted by molar-refractivity contribution is 5.81. The van der Waals surface area contributed by atoms with E-state index in [0.29, 0.717) is 24.7 Å². The summed E-state index contributed by atoms with van der Waals surface area (Å²) in [5.74, 6) is 0.344. The van der Waals surface area contributed by atoms with Crippen LogP contribution in [0.1, 0.15) is 17.5 Å². The van der Waals surface area contributed by atoms with Gasteiger partial charge in [-0.3, -0.25) is 4.79 Å². The minimum atomic E-state index is 0.344. The van der Waals surface area contributed by atoms with E-state index in [1.807, 2.05) is 0 Å². The Morgan fingerprint density at radius 1 is 1.21 bits per heavy atom. The first-order chi connectivity index (χ1) is 9.04. The van der Waals surface area contributed by atoms with Gasteiger partial charge in [-0.2, -0.15) is 0 Å². The number of ketones is 1. The lowest BCUT2D eigenvalue weighted by atomic mass is 10.0. The highest BCUT2D eigenvalue weighted by atomic mass is 16.1. The molecular formula is C16H24N2O. The summed E-state index contributed by atoms with van der Waals surface area (Å²) in [5, 5.41) is 0. The number of carbonyl (C=O) groups excluding carboxylic acids is 1. The zero-order valence-electron chi connectivity index (χ0n) is 12.2. The molecule has 0 aliphatic carbocycles. The number of hydrogen-bond donors (Lipinski definition) is 0. The van der Waals surface area contributed by atoms with Gasteiger partial charge in [0, 0.05) is 38.5 Å². The Hall–Kier alpha value is -1.19. The summed E-state index contributed by atoms with van der Waals surface area (Å²) in [7, 11) is 4.25. The summed E-state index contributed by atoms with van der Waals surface area (Å²) < 4.78 is 0. The first kappa shape index (κ1) is 14.2. The molecule has 0 amide bonds. The van der Waals surface area contributed by atoms with Crippen LogP contribution < -0.4 is 0 Å². The van der Waals surface area contributed by atoms with Crippen LogP contribution in [0.25, 0.3) is 0 Å². The topological polar surface area (TPSA) is 23.6 Å². The number of hydrogen-bond acceptors (Lipinski definition) is 3. The molecule has 1 fully saturated rings. The molecule has 0 aromatic heterocycles. The van der Waals surface area contributed by atoms with Gasteiger partial charge in [-0.25, -0.2) is 0 Å². The van der Waals surface area contributed by atoms with Crippen LogP contribution in [-0.2, 0) is 11.2 Å². The van der Waals surface area contributed by atoms with Crippen LogP contribution in [0.4, 0.5) is 0 Å². The Bertz CT molecular complexity index is 427. The summed E-state index contributed by atoms with van der Waals surface area (Å²) in [6.45, 7) is 5.21. The van der Waals surface area contributed by atoms with E-state index in [-0.39, 0.29) is 0 Å². The molecule has 1 heterocycles. The highest BCUT2D eigenvalue weighted by Crippen LogP contribution is 2.12. The molecule has 1 aromatic carbocycles. The van der Waals surface area contributed by atoms with Gasteiger partial charge in [0.15, 0.2) is 0 Å². The predicted octanol–water partition coefficient (Wildman–Crippen LogP) is 1.74. The fraction of sp³-hybridized carbons (Fsp3) is 0.562. The van der Waals surface area contributed by atoms with Crippen LogP contribution in [0, 0.1) is 6.92 Å². The second-order valence-electron chi connectivity index (χ2n) is 5.80. The molecule has 0 bridgehead atoms. The number of nitrogens with zero attached hydrogens (tertiary/aromatic N) is 2. The maximum absolute atomic E-state index is 12.2. The number of carbonyl (C=O) groups is 1. The fourth-order valence-electron chi connectivity index (χ4n) is 2.59. The van der Waals surface area contributed by atoms with Gasteiger partial charge in [0.1, 0.15) is 5.78 Å². The first-order valence-electron chi connectivity index (χ1n) is 7.00. The maximum Gasteiger partial charge on any atom is 0.138 e. The van der Waals surface area contributed by atoms with Gasteiger partial charge < -0.3 is 9.80 Å². The van der Waals surface area contributed by atoms with Crippen molar-refractivity contribution in [1.82, 2.24) is 9.80 Å². The van der Waals surface area contributed by atoms with Gasteiger partial charge in [0.05, 0.1) is 0 Å². The van der Waals surface area contributed by atoms with E-state index in [1.165, 1.54) is 5.56 Å². The van der Waals surface area contributed by atoms with Crippen LogP contribution in [0.3, 0.4) is 0 Å². The van der Waals surface area contributed by atoms with Crippen molar-refractivity contribution >= 4 is 5.78 Å². The predicted molar refractivity (Wildman–Crippen MR) is 78.4 cm³/mol. The molecule has 3 nitrogen and oxygen atoms in total. The fourth-order valence-corrected chi connectivity index (χ4v) is 2.59. The lowest BCUT2D eigenvalue weighted by molar-refractivity contribution is -0.120. The Morgan fingerprint density at radius 3 is 2.58 bits per heavy atom. The van der Waals surface area contributed by atoms with Gasteiger partial charge in [-0.1, -0.05) is 29.8 Å². The molecule has 104 valence electrons. The molecule has 19 heavy (non-hydrogen) atoms. The van der Waals surface area contributed by atoms with E-state index in [2.05, 4.69) is 55.1 Å². The zero-order valence-corrected chi connectivity index (χ0v) is 12.2. The van der Waals surface area contributed by atoms with Gasteiger partial charge in [0.2, 0.25) is 0 Å². The number of benzene rings is 1. The molecule has 0 radical (unpaired) electrons. The molecule has 3 heteroatoms. The highest BCUT2D eigenvalue weighted by Gasteiger charge is 2.24. The molecule has 1 atom stereocenters. The standard InChI is InChI=1S/C16H24N2O/c1-13-4-6-14(7-5-13)10-16(19)11-15-12-17(2)8-9-18(15)3/h4-7,15H,8-12H2,1-3H3. The second-order valence-corrected chi connectivity index (χ2v) is 5.80. The van der Waals surface area contributed by atoms with Crippen molar-refractivity contribution in [3.63, 3.8) is 0 Å². The van der Waals surface area contributed by atoms with Crippen molar-refractivity contribution in [3.05, 3.63) is 35.4 Å². The largest absolute Gasteiger partial charge is 0.304 e. The van der Waals surface area contributed by atoms with Crippen molar-refractivity contribution in [2.75, 3.05) is 33.7 Å². The molecule has 0 saturated carbocycles. The van der Waals surface area contributed by atoms with E-state index < -0.39 is 0 Å². The number of piperazine rings is 1. The molecule has 1 saturated heterocycles. The SMILES string of the molecule is Cc1ccc(CC(=O)CC2CN(C)CCN2C)cc1. The molecular weight excluding hydrogens is 236 g/mol. The van der Waals surface area contributed by atoms with E-state index in [4.69, 9.17) is 0 Å². The van der Waals surface area contributed by atoms with E-state index >= 15 is 0 Å². The summed E-state index contributed by atoms with van der Waals surface area (Å²) >= 11 is 0. The zero-order chi connectivity index (χ0) is 13.8. The van der Waals surface area contributed by atoms with Crippen LogP contribution in [-0.4, -0.2) is 55.4 Å². The van der Waals surface area contributed by atoms with Crippen molar-refractivity contribution in [2.45, 2.75) is 25.8 Å². The minimum absolute atomic E-state index is 0.344. The maximum atomic E-state index is 12.2. The number of Topliss-reactive ketones (excluding diaryl/α,β-unsaturated/α-hetero) is 1. The lowest BCUT2D eigenvalue weighted by Crippen LogP contribution is -2.50. The summed E-state index contributed by atoms with van der Waals surface area (Å²) in [4.78, 5) is 16.8. The van der Waals surface area contributed by atoms with Crippen LogP contribution in [0.5, 0.6) is 0 Å². The third kappa shape index (κ3) is 4.15. The van der Waals surface area contributed by atoms with Crippen molar-refractivity contribution in [2.24, 2.45) is 0 Å². The van der Waals surface area contributed by atoms with Crippen LogP contribution in [0.15, 0.2) is 24.3 Å². The molecule has 1 aliphatic rings. The number of rotatable bonds is 4. The first-order valence-corrected chi connectivity index (χ1v) is 7.00. The van der Waals surface area contributed by atoms with Crippen molar-refractivity contribution < 1.29 is 4.79 Å². The van der Waals surface area contributed by atoms with Crippen molar-refractivity contribution in [1.29, 1.82) is 0 Å². The average molecular weight is 260 g/mol. The van der Waals surface area contributed by atoms with Gasteiger partial charge in [-0.05, 0) is 26.6 Å². The third-order valence-electron chi connectivity index (χ3n) is 3.97. The summed E-state index contributed by atoms with van der Waals surface area (Å²) in [6, 6.07) is 8.64. The van der Waals surface area contributed by atoms with Gasteiger partial charge in [-0.15, -0.1) is 0 Å². The lowest BCUT2D eigenvalue weighted by Gasteiger charge is -2.37. The minimum Gasteiger partial charge on any atom is -0.304 e. The van der Waals surface area contributed by atoms with E-state index in [9.17, 15) is 4.79 Å². The Morgan fingerprint density at radius 2 is 1.89 bits per heavy atom. The Kier molecular flexibility index (Phi) is 4.72. The third-order valence-corrected chi connectivity index (χ3v) is 3.97. The molecule has 0 N–H and O–H groups in total. The molecule has 0 spiro atoms. The van der Waals surface area contributed by atoms with Gasteiger partial charge >= 0.3 is 0 Å². The molecule has 2 rings (SSSR count). The van der Waals surface area contributed by atoms with Crippen LogP contribution in [0.2, 0.25) is 0 Å². The van der Waals surface area contributed by atoms with E-state index in [1.54, 1.807) is 0 Å². The average Bonchev–Trinajstić information content (AvgIpc) is 2.37. The molecule has 1 aromatic rings. The number of aryl methyl sites for hydroxylation is 1. The number of likely N-dealkylation sites (N-methyl/N-ethyl adjacent to an activating group) is 2. The van der Waals surface area contributed by atoms with Crippen LogP contribution >= 0.6 is 0 Å². The quantitative estimate of drug-likeness (QED) is 0.824. The Balaban J connectivity index is 1.88. The van der Waals surface area contributed by atoms with Crippen molar-refractivity contribution in [3.8, 4) is 0 Å². The normalized spacial score (nSPS) is 21.5. The molecule has 1 unspecified atom stereocenters. The smallest absolute Gasteiger partial charge is 0.138 e. The summed E-state index contributed by atoms with van der Waals surface area (Å²) in [5.41, 5.74) is 2.37. The van der Waals surface area contributed by atoms with E-state index in [0.717, 1.165) is 25.2 Å². The van der Waals surface area contributed by atoms with Gasteiger partial charge in [0.25, 0.3) is 0 Å². The summed E-state index contributed by atoms with van der Waals surface area (Å²) in [6.07, 6.45) is 1.23. The molecule has 1 aliphatic heterocycles. The Labute approximate surface area is 116 Å². The second kappa shape index (κ2) is 6.31.